The SMILES string of the molecule is CC1=CC(C)(C(C)C)N=NN1. The van der Waals surface area contributed by atoms with Gasteiger partial charge in [-0.1, -0.05) is 19.1 Å². The highest BCUT2D eigenvalue weighted by molar-refractivity contribution is 5.12. The van der Waals surface area contributed by atoms with Crippen LogP contribution in [0.5, 0.6) is 0 Å². The summed E-state index contributed by atoms with van der Waals surface area (Å²) in [5.41, 5.74) is 3.78. The summed E-state index contributed by atoms with van der Waals surface area (Å²) in [6.45, 7) is 8.38. The van der Waals surface area contributed by atoms with E-state index in [0.29, 0.717) is 5.92 Å². The lowest BCUT2D eigenvalue weighted by Crippen LogP contribution is -2.30. The number of hydrogen-bond acceptors (Lipinski definition) is 3. The molecule has 11 heavy (non-hydrogen) atoms. The molecule has 1 heterocycles. The van der Waals surface area contributed by atoms with Crippen LogP contribution in [0.15, 0.2) is 22.1 Å². The summed E-state index contributed by atoms with van der Waals surface area (Å²) in [4.78, 5) is 0. The van der Waals surface area contributed by atoms with E-state index in [-0.39, 0.29) is 5.54 Å². The molecule has 62 valence electrons. The fourth-order valence-corrected chi connectivity index (χ4v) is 0.993. The van der Waals surface area contributed by atoms with Gasteiger partial charge in [0.15, 0.2) is 0 Å². The molecule has 3 nitrogen and oxygen atoms in total. The van der Waals surface area contributed by atoms with E-state index in [0.717, 1.165) is 5.70 Å². The van der Waals surface area contributed by atoms with E-state index < -0.39 is 0 Å². The fraction of sp³-hybridized carbons (Fsp3) is 0.750. The first-order valence-electron chi connectivity index (χ1n) is 3.92. The number of nitrogens with one attached hydrogen (secondary N) is 1. The molecule has 1 rings (SSSR count). The molecule has 0 saturated carbocycles. The lowest BCUT2D eigenvalue weighted by atomic mass is 9.88. The number of hydrogen-bond donors (Lipinski definition) is 1. The number of rotatable bonds is 1. The van der Waals surface area contributed by atoms with Crippen LogP contribution in [0, 0.1) is 5.92 Å². The van der Waals surface area contributed by atoms with Crippen molar-refractivity contribution in [2.45, 2.75) is 33.2 Å². The third kappa shape index (κ3) is 1.59. The summed E-state index contributed by atoms with van der Waals surface area (Å²) in [5.74, 6) is 0.489. The summed E-state index contributed by atoms with van der Waals surface area (Å²) in [5, 5.41) is 7.99. The van der Waals surface area contributed by atoms with Crippen LogP contribution in [0.2, 0.25) is 0 Å². The van der Waals surface area contributed by atoms with E-state index in [2.05, 4.69) is 42.6 Å². The van der Waals surface area contributed by atoms with Crippen LogP contribution < -0.4 is 5.43 Å². The average Bonchev–Trinajstić information content (AvgIpc) is 1.86. The molecule has 0 radical (unpaired) electrons. The van der Waals surface area contributed by atoms with Crippen LogP contribution >= 0.6 is 0 Å². The van der Waals surface area contributed by atoms with Gasteiger partial charge in [-0.05, 0) is 25.8 Å². The highest BCUT2D eigenvalue weighted by Gasteiger charge is 2.27. The summed E-state index contributed by atoms with van der Waals surface area (Å²) in [7, 11) is 0. The molecule has 0 spiro atoms. The molecule has 0 aromatic heterocycles. The zero-order chi connectivity index (χ0) is 8.48. The Balaban J connectivity index is 2.85. The van der Waals surface area contributed by atoms with Gasteiger partial charge in [0, 0.05) is 5.70 Å². The van der Waals surface area contributed by atoms with Crippen molar-refractivity contribution >= 4 is 0 Å². The summed E-state index contributed by atoms with van der Waals surface area (Å²) in [6.07, 6.45) is 2.12. The molecule has 1 aliphatic heterocycles. The number of allylic oxidation sites excluding steroid dienone is 1. The predicted octanol–water partition coefficient (Wildman–Crippen LogP) is 2.28. The molecule has 0 amide bonds. The van der Waals surface area contributed by atoms with Crippen LogP contribution in [-0.2, 0) is 0 Å². The molecule has 0 bridgehead atoms. The Bertz CT molecular complexity index is 205. The predicted molar refractivity (Wildman–Crippen MR) is 45.0 cm³/mol. The normalized spacial score (nSPS) is 30.1. The monoisotopic (exact) mass is 153 g/mol. The maximum atomic E-state index is 4.15. The van der Waals surface area contributed by atoms with Crippen molar-refractivity contribution < 1.29 is 0 Å². The van der Waals surface area contributed by atoms with E-state index in [9.17, 15) is 0 Å². The summed E-state index contributed by atoms with van der Waals surface area (Å²) in [6, 6.07) is 0. The van der Waals surface area contributed by atoms with Gasteiger partial charge in [-0.25, -0.2) is 0 Å². The van der Waals surface area contributed by atoms with Crippen molar-refractivity contribution in [3.8, 4) is 0 Å². The average molecular weight is 153 g/mol. The Kier molecular flexibility index (Phi) is 1.98. The van der Waals surface area contributed by atoms with Gasteiger partial charge in [0.25, 0.3) is 0 Å². The quantitative estimate of drug-likeness (QED) is 0.616. The molecule has 1 aliphatic rings. The van der Waals surface area contributed by atoms with Crippen molar-refractivity contribution in [1.82, 2.24) is 5.43 Å². The maximum absolute atomic E-state index is 4.15. The molecule has 1 N–H and O–H groups in total. The largest absolute Gasteiger partial charge is 0.265 e. The Hall–Kier alpha value is -0.860. The van der Waals surface area contributed by atoms with Crippen molar-refractivity contribution in [3.63, 3.8) is 0 Å². The molecule has 0 aromatic rings. The highest BCUT2D eigenvalue weighted by Crippen LogP contribution is 2.26. The van der Waals surface area contributed by atoms with E-state index in [1.54, 1.807) is 0 Å². The van der Waals surface area contributed by atoms with Crippen molar-refractivity contribution in [2.24, 2.45) is 16.3 Å². The first kappa shape index (κ1) is 8.24. The second-order valence-corrected chi connectivity index (χ2v) is 3.52. The molecule has 3 heteroatoms. The van der Waals surface area contributed by atoms with Crippen LogP contribution in [0.4, 0.5) is 0 Å². The van der Waals surface area contributed by atoms with Gasteiger partial charge in [0.1, 0.15) is 5.54 Å². The molecule has 0 fully saturated rings. The minimum atomic E-state index is -0.116. The van der Waals surface area contributed by atoms with Gasteiger partial charge >= 0.3 is 0 Å². The number of nitrogens with zero attached hydrogens (tertiary/aromatic N) is 2. The zero-order valence-corrected chi connectivity index (χ0v) is 7.55. The van der Waals surface area contributed by atoms with Crippen molar-refractivity contribution in [1.29, 1.82) is 0 Å². The molecule has 0 aliphatic carbocycles. The van der Waals surface area contributed by atoms with Gasteiger partial charge in [-0.3, -0.25) is 5.43 Å². The Labute approximate surface area is 67.6 Å². The van der Waals surface area contributed by atoms with Gasteiger partial charge in [-0.15, -0.1) is 0 Å². The minimum absolute atomic E-state index is 0.116. The lowest BCUT2D eigenvalue weighted by Gasteiger charge is -2.27. The second kappa shape index (κ2) is 2.64. The minimum Gasteiger partial charge on any atom is -0.265 e. The third-order valence-corrected chi connectivity index (χ3v) is 2.17. The molecular weight excluding hydrogens is 138 g/mol. The zero-order valence-electron chi connectivity index (χ0n) is 7.55. The van der Waals surface area contributed by atoms with Crippen LogP contribution in [-0.4, -0.2) is 5.54 Å². The summed E-state index contributed by atoms with van der Waals surface area (Å²) < 4.78 is 0. The van der Waals surface area contributed by atoms with E-state index in [4.69, 9.17) is 0 Å². The second-order valence-electron chi connectivity index (χ2n) is 3.52. The van der Waals surface area contributed by atoms with Gasteiger partial charge in [0.05, 0.1) is 0 Å². The smallest absolute Gasteiger partial charge is 0.103 e. The van der Waals surface area contributed by atoms with E-state index in [1.807, 2.05) is 6.92 Å². The Morgan fingerprint density at radius 1 is 1.55 bits per heavy atom. The van der Waals surface area contributed by atoms with Crippen molar-refractivity contribution in [2.75, 3.05) is 0 Å². The highest BCUT2D eigenvalue weighted by atomic mass is 15.4. The van der Waals surface area contributed by atoms with Gasteiger partial charge in [0.2, 0.25) is 0 Å². The standard InChI is InChI=1S/C8H15N3/c1-6(2)8(4)5-7(3)9-11-10-8/h5-6H,1-4H3,(H,9,10). The summed E-state index contributed by atoms with van der Waals surface area (Å²) >= 11 is 0. The topological polar surface area (TPSA) is 36.8 Å². The molecule has 0 aromatic carbocycles. The van der Waals surface area contributed by atoms with Crippen molar-refractivity contribution in [3.05, 3.63) is 11.8 Å². The lowest BCUT2D eigenvalue weighted by molar-refractivity contribution is 0.379. The molecule has 1 unspecified atom stereocenters. The first-order chi connectivity index (χ1) is 5.04. The molecule has 0 saturated heterocycles. The van der Waals surface area contributed by atoms with E-state index in [1.165, 1.54) is 0 Å². The third-order valence-electron chi connectivity index (χ3n) is 2.17. The van der Waals surface area contributed by atoms with Gasteiger partial charge < -0.3 is 0 Å². The first-order valence-corrected chi connectivity index (χ1v) is 3.92. The molecule has 1 atom stereocenters. The van der Waals surface area contributed by atoms with Crippen LogP contribution in [0.1, 0.15) is 27.7 Å². The Morgan fingerprint density at radius 2 is 2.18 bits per heavy atom. The molecular formula is C8H15N3. The van der Waals surface area contributed by atoms with Crippen LogP contribution in [0.3, 0.4) is 0 Å². The maximum Gasteiger partial charge on any atom is 0.103 e. The van der Waals surface area contributed by atoms with Crippen LogP contribution in [0.25, 0.3) is 0 Å². The van der Waals surface area contributed by atoms with E-state index >= 15 is 0 Å². The fourth-order valence-electron chi connectivity index (χ4n) is 0.993. The van der Waals surface area contributed by atoms with Gasteiger partial charge in [-0.2, -0.15) is 5.11 Å². The Morgan fingerprint density at radius 3 is 2.55 bits per heavy atom.